The van der Waals surface area contributed by atoms with Crippen molar-refractivity contribution in [1.82, 2.24) is 4.31 Å². The maximum atomic E-state index is 12.7. The van der Waals surface area contributed by atoms with E-state index in [1.165, 1.54) is 35.5 Å². The van der Waals surface area contributed by atoms with Gasteiger partial charge in [-0.3, -0.25) is 4.79 Å². The number of sulfonamides is 1. The molecule has 0 aliphatic carbocycles. The number of esters is 1. The molecule has 1 unspecified atom stereocenters. The highest BCUT2D eigenvalue weighted by Gasteiger charge is 2.26. The number of carbonyl (C=O) groups is 2. The zero-order valence-corrected chi connectivity index (χ0v) is 19.2. The van der Waals surface area contributed by atoms with Crippen molar-refractivity contribution in [1.29, 1.82) is 0 Å². The number of morpholine rings is 1. The van der Waals surface area contributed by atoms with Gasteiger partial charge < -0.3 is 14.8 Å². The number of hydrogen-bond donors (Lipinski definition) is 1. The van der Waals surface area contributed by atoms with Gasteiger partial charge in [0.25, 0.3) is 5.91 Å². The molecule has 0 aromatic heterocycles. The van der Waals surface area contributed by atoms with E-state index in [2.05, 4.69) is 19.2 Å². The molecule has 1 atom stereocenters. The first-order chi connectivity index (χ1) is 15.2. The summed E-state index contributed by atoms with van der Waals surface area (Å²) in [6, 6.07) is 13.0. The molecule has 172 valence electrons. The molecule has 2 aromatic carbocycles. The molecule has 1 amide bonds. The standard InChI is InChI=1S/C23H28N2O6S/c1-16(2)18-4-6-19(7-5-18)23(27)31-17(3)22(26)24-20-8-10-21(11-9-20)32(28,29)25-12-14-30-15-13-25/h4-11,16-17H,12-15H2,1-3H3,(H,24,26). The van der Waals surface area contributed by atoms with Crippen LogP contribution < -0.4 is 5.32 Å². The highest BCUT2D eigenvalue weighted by molar-refractivity contribution is 7.89. The van der Waals surface area contributed by atoms with Gasteiger partial charge in [0, 0.05) is 18.8 Å². The lowest BCUT2D eigenvalue weighted by Gasteiger charge is -2.26. The Labute approximate surface area is 188 Å². The minimum atomic E-state index is -3.61. The van der Waals surface area contributed by atoms with Crippen LogP contribution >= 0.6 is 0 Å². The monoisotopic (exact) mass is 460 g/mol. The molecule has 1 aliphatic heterocycles. The first-order valence-electron chi connectivity index (χ1n) is 10.5. The zero-order chi connectivity index (χ0) is 23.3. The lowest BCUT2D eigenvalue weighted by Crippen LogP contribution is -2.40. The molecule has 0 spiro atoms. The van der Waals surface area contributed by atoms with Gasteiger partial charge >= 0.3 is 5.97 Å². The average Bonchev–Trinajstić information content (AvgIpc) is 2.80. The summed E-state index contributed by atoms with van der Waals surface area (Å²) in [5.74, 6) is -0.754. The van der Waals surface area contributed by atoms with E-state index in [4.69, 9.17) is 9.47 Å². The topological polar surface area (TPSA) is 102 Å². The average molecular weight is 461 g/mol. The maximum absolute atomic E-state index is 12.7. The van der Waals surface area contributed by atoms with Crippen LogP contribution in [0.25, 0.3) is 0 Å². The Morgan fingerprint density at radius 2 is 1.56 bits per heavy atom. The molecule has 1 fully saturated rings. The minimum absolute atomic E-state index is 0.140. The van der Waals surface area contributed by atoms with Gasteiger partial charge in [0.05, 0.1) is 23.7 Å². The molecule has 8 nitrogen and oxygen atoms in total. The molecule has 3 rings (SSSR count). The van der Waals surface area contributed by atoms with E-state index in [0.29, 0.717) is 43.5 Å². The molecule has 2 aromatic rings. The van der Waals surface area contributed by atoms with Gasteiger partial charge in [-0.25, -0.2) is 13.2 Å². The molecular weight excluding hydrogens is 432 g/mol. The predicted molar refractivity (Wildman–Crippen MR) is 120 cm³/mol. The Hall–Kier alpha value is -2.75. The van der Waals surface area contributed by atoms with Crippen molar-refractivity contribution in [2.45, 2.75) is 37.7 Å². The van der Waals surface area contributed by atoms with E-state index >= 15 is 0 Å². The fourth-order valence-corrected chi connectivity index (χ4v) is 4.58. The number of nitrogens with zero attached hydrogens (tertiary/aromatic N) is 1. The number of hydrogen-bond acceptors (Lipinski definition) is 6. The molecule has 32 heavy (non-hydrogen) atoms. The fraction of sp³-hybridized carbons (Fsp3) is 0.391. The first-order valence-corrected chi connectivity index (χ1v) is 11.9. The van der Waals surface area contributed by atoms with Gasteiger partial charge in [-0.05, 0) is 54.8 Å². The molecule has 1 saturated heterocycles. The second-order valence-electron chi connectivity index (χ2n) is 7.85. The van der Waals surface area contributed by atoms with Crippen LogP contribution in [0.5, 0.6) is 0 Å². The molecule has 0 radical (unpaired) electrons. The number of nitrogens with one attached hydrogen (secondary N) is 1. The van der Waals surface area contributed by atoms with Crippen LogP contribution in [0.2, 0.25) is 0 Å². The minimum Gasteiger partial charge on any atom is -0.449 e. The Morgan fingerprint density at radius 3 is 2.12 bits per heavy atom. The van der Waals surface area contributed by atoms with Crippen molar-refractivity contribution < 1.29 is 27.5 Å². The number of anilines is 1. The molecule has 0 saturated carbocycles. The SMILES string of the molecule is CC(OC(=O)c1ccc(C(C)C)cc1)C(=O)Nc1ccc(S(=O)(=O)N2CCOCC2)cc1. The van der Waals surface area contributed by atoms with Gasteiger partial charge in [-0.1, -0.05) is 26.0 Å². The van der Waals surface area contributed by atoms with Gasteiger partial charge in [-0.2, -0.15) is 4.31 Å². The van der Waals surface area contributed by atoms with Crippen molar-refractivity contribution in [2.24, 2.45) is 0 Å². The van der Waals surface area contributed by atoms with Crippen LogP contribution in [-0.4, -0.2) is 57.0 Å². The molecular formula is C23H28N2O6S. The highest BCUT2D eigenvalue weighted by atomic mass is 32.2. The molecule has 0 bridgehead atoms. The second kappa shape index (κ2) is 10.2. The Bertz CT molecular complexity index is 1040. The third-order valence-electron chi connectivity index (χ3n) is 5.20. The van der Waals surface area contributed by atoms with Gasteiger partial charge in [0.1, 0.15) is 0 Å². The van der Waals surface area contributed by atoms with E-state index in [0.717, 1.165) is 5.56 Å². The van der Waals surface area contributed by atoms with Gasteiger partial charge in [0.2, 0.25) is 10.0 Å². The van der Waals surface area contributed by atoms with E-state index in [1.807, 2.05) is 12.1 Å². The third-order valence-corrected chi connectivity index (χ3v) is 7.11. The zero-order valence-electron chi connectivity index (χ0n) is 18.4. The van der Waals surface area contributed by atoms with Crippen LogP contribution in [-0.2, 0) is 24.3 Å². The summed E-state index contributed by atoms with van der Waals surface area (Å²) in [4.78, 5) is 24.9. The third kappa shape index (κ3) is 5.73. The van der Waals surface area contributed by atoms with E-state index < -0.39 is 28.0 Å². The smallest absolute Gasteiger partial charge is 0.338 e. The van der Waals surface area contributed by atoms with Crippen LogP contribution in [0, 0.1) is 0 Å². The van der Waals surface area contributed by atoms with E-state index in [9.17, 15) is 18.0 Å². The number of carbonyl (C=O) groups excluding carboxylic acids is 2. The first kappa shape index (κ1) is 23.9. The lowest BCUT2D eigenvalue weighted by molar-refractivity contribution is -0.123. The fourth-order valence-electron chi connectivity index (χ4n) is 3.18. The highest BCUT2D eigenvalue weighted by Crippen LogP contribution is 2.20. The molecule has 1 N–H and O–H groups in total. The van der Waals surface area contributed by atoms with Crippen LogP contribution in [0.3, 0.4) is 0 Å². The van der Waals surface area contributed by atoms with Crippen molar-refractivity contribution in [3.8, 4) is 0 Å². The van der Waals surface area contributed by atoms with Crippen molar-refractivity contribution in [3.05, 3.63) is 59.7 Å². The second-order valence-corrected chi connectivity index (χ2v) is 9.79. The van der Waals surface area contributed by atoms with Gasteiger partial charge in [0.15, 0.2) is 6.10 Å². The van der Waals surface area contributed by atoms with Crippen molar-refractivity contribution >= 4 is 27.6 Å². The number of ether oxygens (including phenoxy) is 2. The summed E-state index contributed by atoms with van der Waals surface area (Å²) in [6.45, 7) is 6.95. The summed E-state index contributed by atoms with van der Waals surface area (Å²) in [5, 5.41) is 2.64. The number of amides is 1. The summed E-state index contributed by atoms with van der Waals surface area (Å²) in [7, 11) is -3.61. The van der Waals surface area contributed by atoms with Crippen LogP contribution in [0.4, 0.5) is 5.69 Å². The summed E-state index contributed by atoms with van der Waals surface area (Å²) in [5.41, 5.74) is 1.87. The predicted octanol–water partition coefficient (Wildman–Crippen LogP) is 3.01. The van der Waals surface area contributed by atoms with E-state index in [-0.39, 0.29) is 4.90 Å². The molecule has 9 heteroatoms. The largest absolute Gasteiger partial charge is 0.449 e. The van der Waals surface area contributed by atoms with Crippen LogP contribution in [0.1, 0.15) is 42.6 Å². The maximum Gasteiger partial charge on any atom is 0.338 e. The van der Waals surface area contributed by atoms with Crippen LogP contribution in [0.15, 0.2) is 53.4 Å². The van der Waals surface area contributed by atoms with Crippen molar-refractivity contribution in [2.75, 3.05) is 31.6 Å². The number of benzene rings is 2. The Balaban J connectivity index is 1.58. The van der Waals surface area contributed by atoms with Gasteiger partial charge in [-0.15, -0.1) is 0 Å². The van der Waals surface area contributed by atoms with Crippen molar-refractivity contribution in [3.63, 3.8) is 0 Å². The summed E-state index contributed by atoms with van der Waals surface area (Å²) in [6.07, 6.45) is -1.02. The Kier molecular flexibility index (Phi) is 7.65. The molecule has 1 heterocycles. The quantitative estimate of drug-likeness (QED) is 0.638. The Morgan fingerprint density at radius 1 is 0.969 bits per heavy atom. The number of rotatable bonds is 7. The summed E-state index contributed by atoms with van der Waals surface area (Å²) < 4.78 is 37.2. The summed E-state index contributed by atoms with van der Waals surface area (Å²) >= 11 is 0. The van der Waals surface area contributed by atoms with E-state index in [1.54, 1.807) is 12.1 Å². The lowest BCUT2D eigenvalue weighted by atomic mass is 10.0. The normalized spacial score (nSPS) is 15.9. The molecule has 1 aliphatic rings.